The molecule has 0 radical (unpaired) electrons. The van der Waals surface area contributed by atoms with Gasteiger partial charge in [0.25, 0.3) is 0 Å². The monoisotopic (exact) mass is 668 g/mol. The molecule has 3 amide bonds. The molecule has 0 saturated heterocycles. The van der Waals surface area contributed by atoms with Crippen molar-refractivity contribution < 1.29 is 19.5 Å². The summed E-state index contributed by atoms with van der Waals surface area (Å²) in [6.45, 7) is 8.26. The number of aromatic amines is 1. The molecular weight excluding hydrogens is 616 g/mol. The van der Waals surface area contributed by atoms with E-state index in [0.29, 0.717) is 29.8 Å². The van der Waals surface area contributed by atoms with Crippen LogP contribution in [-0.2, 0) is 27.2 Å². The van der Waals surface area contributed by atoms with E-state index in [4.69, 9.17) is 5.73 Å². The number of rotatable bonds is 18. The smallest absolute Gasteiger partial charge is 0.244 e. The van der Waals surface area contributed by atoms with Gasteiger partial charge in [0.2, 0.25) is 17.7 Å². The van der Waals surface area contributed by atoms with Gasteiger partial charge in [0.05, 0.1) is 6.10 Å². The van der Waals surface area contributed by atoms with Crippen molar-refractivity contribution in [3.63, 3.8) is 0 Å². The number of amides is 3. The van der Waals surface area contributed by atoms with Crippen LogP contribution in [0.15, 0.2) is 79.8 Å². The quantitative estimate of drug-likeness (QED) is 0.0944. The number of carbonyl (C=O) groups is 3. The predicted molar refractivity (Wildman–Crippen MR) is 192 cm³/mol. The lowest BCUT2D eigenvalue weighted by Gasteiger charge is -2.30. The van der Waals surface area contributed by atoms with Crippen LogP contribution in [0.1, 0.15) is 87.4 Å². The molecule has 1 aromatic carbocycles. The first kappa shape index (κ1) is 37.3. The zero-order chi connectivity index (χ0) is 35.2. The standard InChI is InChI=1S/C39H52N6O4/c1-4-30(26(2)3)22-35(46)32(20-27-12-7-5-8-13-27)38-42-25-31(43-38)23-33(37(40)48)45-39(49)34(21-28-14-9-6-10-15-28)44-36(47)18-17-29-16-11-19-41-24-29/h4,6,9-11,14-19,24-27,30,32-35,46H,1,5,7-8,12-13,20-23H2,2-3H3,(H2,40,48)(H,42,43)(H,44,47)(H,45,49)/t30-,32+,33-,34-,35-/m0/s1. The molecule has 2 heterocycles. The van der Waals surface area contributed by atoms with Crippen molar-refractivity contribution in [1.82, 2.24) is 25.6 Å². The first-order chi connectivity index (χ1) is 23.6. The number of nitrogens with one attached hydrogen (secondary N) is 3. The fourth-order valence-corrected chi connectivity index (χ4v) is 6.63. The van der Waals surface area contributed by atoms with Gasteiger partial charge in [-0.1, -0.05) is 88.4 Å². The van der Waals surface area contributed by atoms with Gasteiger partial charge in [-0.3, -0.25) is 19.4 Å². The molecule has 1 fully saturated rings. The van der Waals surface area contributed by atoms with Crippen LogP contribution in [0.5, 0.6) is 0 Å². The Kier molecular flexibility index (Phi) is 14.3. The molecule has 0 unspecified atom stereocenters. The maximum absolute atomic E-state index is 13.6. The highest BCUT2D eigenvalue weighted by Gasteiger charge is 2.31. The Morgan fingerprint density at radius 2 is 1.78 bits per heavy atom. The summed E-state index contributed by atoms with van der Waals surface area (Å²) < 4.78 is 0. The summed E-state index contributed by atoms with van der Waals surface area (Å²) in [4.78, 5) is 51.3. The van der Waals surface area contributed by atoms with Crippen molar-refractivity contribution in [3.8, 4) is 0 Å². The summed E-state index contributed by atoms with van der Waals surface area (Å²) in [5.74, 6) is -0.219. The molecule has 1 aliphatic carbocycles. The van der Waals surface area contributed by atoms with E-state index in [0.717, 1.165) is 30.4 Å². The molecule has 0 bridgehead atoms. The second-order valence-electron chi connectivity index (χ2n) is 13.6. The van der Waals surface area contributed by atoms with Crippen molar-refractivity contribution >= 4 is 23.8 Å². The number of hydrogen-bond donors (Lipinski definition) is 5. The number of pyridine rings is 1. The third kappa shape index (κ3) is 11.8. The minimum atomic E-state index is -1.06. The van der Waals surface area contributed by atoms with Crippen molar-refractivity contribution in [2.45, 2.75) is 95.7 Å². The number of aromatic nitrogens is 3. The maximum atomic E-state index is 13.6. The average molecular weight is 669 g/mol. The Morgan fingerprint density at radius 3 is 2.43 bits per heavy atom. The van der Waals surface area contributed by atoms with Gasteiger partial charge in [-0.2, -0.15) is 0 Å². The van der Waals surface area contributed by atoms with Gasteiger partial charge >= 0.3 is 0 Å². The number of aliphatic hydroxyl groups is 1. The molecule has 0 spiro atoms. The Labute approximate surface area is 290 Å². The fourth-order valence-electron chi connectivity index (χ4n) is 6.63. The van der Waals surface area contributed by atoms with E-state index in [1.165, 1.54) is 25.3 Å². The number of aliphatic hydroxyl groups excluding tert-OH is 1. The number of allylic oxidation sites excluding steroid dienone is 1. The number of benzene rings is 1. The van der Waals surface area contributed by atoms with Crippen molar-refractivity contribution in [2.24, 2.45) is 23.5 Å². The number of H-pyrrole nitrogens is 1. The normalized spacial score (nSPS) is 16.8. The van der Waals surface area contributed by atoms with Crippen LogP contribution >= 0.6 is 0 Å². The van der Waals surface area contributed by atoms with Gasteiger partial charge in [-0.05, 0) is 53.9 Å². The number of hydrogen-bond acceptors (Lipinski definition) is 6. The molecule has 49 heavy (non-hydrogen) atoms. The van der Waals surface area contributed by atoms with E-state index in [1.54, 1.807) is 30.7 Å². The van der Waals surface area contributed by atoms with E-state index >= 15 is 0 Å². The second-order valence-corrected chi connectivity index (χ2v) is 13.6. The molecule has 1 aliphatic rings. The van der Waals surface area contributed by atoms with Crippen LogP contribution in [0.3, 0.4) is 0 Å². The maximum Gasteiger partial charge on any atom is 0.244 e. The van der Waals surface area contributed by atoms with Crippen LogP contribution in [0.4, 0.5) is 0 Å². The van der Waals surface area contributed by atoms with Crippen LogP contribution in [0.2, 0.25) is 0 Å². The number of carbonyl (C=O) groups excluding carboxylic acids is 3. The van der Waals surface area contributed by atoms with Gasteiger partial charge in [0.15, 0.2) is 0 Å². The lowest BCUT2D eigenvalue weighted by Crippen LogP contribution is -2.54. The Bertz CT molecular complexity index is 1520. The fraction of sp³-hybridized carbons (Fsp3) is 0.462. The lowest BCUT2D eigenvalue weighted by atomic mass is 9.78. The second kappa shape index (κ2) is 18.8. The Hall–Kier alpha value is -4.57. The Morgan fingerprint density at radius 1 is 1.02 bits per heavy atom. The highest BCUT2D eigenvalue weighted by Crippen LogP contribution is 2.36. The van der Waals surface area contributed by atoms with Gasteiger partial charge in [0, 0.05) is 49.1 Å². The van der Waals surface area contributed by atoms with Crippen LogP contribution in [-0.4, -0.2) is 56.0 Å². The van der Waals surface area contributed by atoms with Crippen LogP contribution in [0, 0.1) is 17.8 Å². The van der Waals surface area contributed by atoms with E-state index in [-0.39, 0.29) is 24.7 Å². The number of nitrogens with two attached hydrogens (primary N) is 1. The molecule has 2 aromatic heterocycles. The van der Waals surface area contributed by atoms with Crippen molar-refractivity contribution in [2.75, 3.05) is 0 Å². The molecular formula is C39H52N6O4. The molecule has 6 N–H and O–H groups in total. The van der Waals surface area contributed by atoms with E-state index in [9.17, 15) is 19.5 Å². The highest BCUT2D eigenvalue weighted by molar-refractivity contribution is 5.96. The largest absolute Gasteiger partial charge is 0.392 e. The zero-order valence-corrected chi connectivity index (χ0v) is 28.8. The average Bonchev–Trinajstić information content (AvgIpc) is 3.57. The SMILES string of the molecule is C=C[C@@H](C[C@H](O)[C@@H](CC1CCCCC1)c1ncc(C[C@H](NC(=O)[C@H](Cc2ccccc2)NC(=O)C=Cc2cccnc2)C(N)=O)[nH]1)C(C)C. The molecule has 10 heteroatoms. The zero-order valence-electron chi connectivity index (χ0n) is 28.8. The molecule has 0 aliphatic heterocycles. The van der Waals surface area contributed by atoms with Gasteiger partial charge in [-0.25, -0.2) is 4.98 Å². The van der Waals surface area contributed by atoms with Gasteiger partial charge in [0.1, 0.15) is 17.9 Å². The first-order valence-corrected chi connectivity index (χ1v) is 17.5. The van der Waals surface area contributed by atoms with E-state index < -0.39 is 35.9 Å². The molecule has 10 nitrogen and oxygen atoms in total. The third-order valence-electron chi connectivity index (χ3n) is 9.56. The van der Waals surface area contributed by atoms with Crippen molar-refractivity contribution in [3.05, 3.63) is 102 Å². The molecule has 4 rings (SSSR count). The Balaban J connectivity index is 1.48. The topological polar surface area (TPSA) is 163 Å². The van der Waals surface area contributed by atoms with E-state index in [2.05, 4.69) is 46.0 Å². The minimum Gasteiger partial charge on any atom is -0.392 e. The summed E-state index contributed by atoms with van der Waals surface area (Å²) in [7, 11) is 0. The molecule has 1 saturated carbocycles. The summed E-state index contributed by atoms with van der Waals surface area (Å²) in [5, 5.41) is 17.1. The van der Waals surface area contributed by atoms with E-state index in [1.807, 2.05) is 42.5 Å². The van der Waals surface area contributed by atoms with Crippen LogP contribution < -0.4 is 16.4 Å². The summed E-state index contributed by atoms with van der Waals surface area (Å²) >= 11 is 0. The summed E-state index contributed by atoms with van der Waals surface area (Å²) in [5.41, 5.74) is 7.99. The minimum absolute atomic E-state index is 0.0779. The lowest BCUT2D eigenvalue weighted by molar-refractivity contribution is -0.130. The number of nitrogens with zero attached hydrogens (tertiary/aromatic N) is 2. The summed E-state index contributed by atoms with van der Waals surface area (Å²) in [6.07, 6.45) is 16.8. The number of primary amides is 1. The number of imidazole rings is 1. The molecule has 5 atom stereocenters. The highest BCUT2D eigenvalue weighted by atomic mass is 16.3. The van der Waals surface area contributed by atoms with Crippen molar-refractivity contribution in [1.29, 1.82) is 0 Å². The molecule has 3 aromatic rings. The predicted octanol–water partition coefficient (Wildman–Crippen LogP) is 5.02. The third-order valence-corrected chi connectivity index (χ3v) is 9.56. The first-order valence-electron chi connectivity index (χ1n) is 17.5. The van der Waals surface area contributed by atoms with Crippen LogP contribution in [0.25, 0.3) is 6.08 Å². The molecule has 262 valence electrons. The van der Waals surface area contributed by atoms with Gasteiger partial charge < -0.3 is 26.5 Å². The summed E-state index contributed by atoms with van der Waals surface area (Å²) in [6, 6.07) is 10.9. The van der Waals surface area contributed by atoms with Gasteiger partial charge in [-0.15, -0.1) is 6.58 Å².